The Morgan fingerprint density at radius 1 is 1.35 bits per heavy atom. The Bertz CT molecular complexity index is 421. The molecule has 0 fully saturated rings. The van der Waals surface area contributed by atoms with Gasteiger partial charge in [0.2, 0.25) is 5.91 Å². The van der Waals surface area contributed by atoms with Crippen LogP contribution in [-0.4, -0.2) is 28.8 Å². The third-order valence-electron chi connectivity index (χ3n) is 3.65. The number of aliphatic hydroxyl groups excluding tert-OH is 1. The fourth-order valence-electron chi connectivity index (χ4n) is 2.04. The van der Waals surface area contributed by atoms with Crippen LogP contribution in [0.1, 0.15) is 44.2 Å². The first-order valence-corrected chi connectivity index (χ1v) is 7.20. The number of aliphatic hydroxyl groups is 1. The predicted octanol–water partition coefficient (Wildman–Crippen LogP) is 1.99. The maximum absolute atomic E-state index is 12.0. The number of amides is 1. The number of nitrogens with one attached hydrogen (secondary N) is 1. The van der Waals surface area contributed by atoms with E-state index in [-0.39, 0.29) is 23.8 Å². The van der Waals surface area contributed by atoms with E-state index in [2.05, 4.69) is 10.5 Å². The van der Waals surface area contributed by atoms with Crippen molar-refractivity contribution < 1.29 is 14.4 Å². The Morgan fingerprint density at radius 3 is 2.50 bits per heavy atom. The van der Waals surface area contributed by atoms with Crippen LogP contribution >= 0.6 is 0 Å². The summed E-state index contributed by atoms with van der Waals surface area (Å²) in [4.78, 5) is 12.0. The third-order valence-corrected chi connectivity index (χ3v) is 3.65. The highest BCUT2D eigenvalue weighted by atomic mass is 16.5. The van der Waals surface area contributed by atoms with Gasteiger partial charge in [-0.2, -0.15) is 0 Å². The largest absolute Gasteiger partial charge is 0.393 e. The molecular formula is C15H26N2O3. The molecule has 0 bridgehead atoms. The summed E-state index contributed by atoms with van der Waals surface area (Å²) in [6.45, 7) is 10.1. The van der Waals surface area contributed by atoms with Gasteiger partial charge in [-0.1, -0.05) is 25.9 Å². The number of carbonyl (C=O) groups excluding carboxylic acids is 1. The summed E-state index contributed by atoms with van der Waals surface area (Å²) in [5, 5.41) is 16.4. The van der Waals surface area contributed by atoms with Crippen molar-refractivity contribution in [1.29, 1.82) is 0 Å². The Morgan fingerprint density at radius 2 is 2.00 bits per heavy atom. The molecule has 20 heavy (non-hydrogen) atoms. The molecule has 5 nitrogen and oxygen atoms in total. The van der Waals surface area contributed by atoms with Crippen molar-refractivity contribution in [3.05, 3.63) is 17.0 Å². The molecule has 2 N–H and O–H groups in total. The quantitative estimate of drug-likeness (QED) is 0.802. The van der Waals surface area contributed by atoms with Gasteiger partial charge in [-0.25, -0.2) is 0 Å². The molecule has 1 aromatic rings. The Hall–Kier alpha value is -1.36. The minimum atomic E-state index is -0.367. The zero-order chi connectivity index (χ0) is 15.3. The first-order valence-electron chi connectivity index (χ1n) is 7.20. The monoisotopic (exact) mass is 282 g/mol. The van der Waals surface area contributed by atoms with E-state index in [1.165, 1.54) is 0 Å². The molecule has 1 amide bonds. The molecule has 114 valence electrons. The Balaban J connectivity index is 2.40. The van der Waals surface area contributed by atoms with Gasteiger partial charge in [0.15, 0.2) is 0 Å². The first kappa shape index (κ1) is 16.7. The second kappa shape index (κ2) is 7.43. The third kappa shape index (κ3) is 4.63. The second-order valence-corrected chi connectivity index (χ2v) is 5.80. The fourth-order valence-corrected chi connectivity index (χ4v) is 2.04. The van der Waals surface area contributed by atoms with Crippen molar-refractivity contribution >= 4 is 5.91 Å². The lowest BCUT2D eigenvalue weighted by Crippen LogP contribution is -2.33. The van der Waals surface area contributed by atoms with Gasteiger partial charge in [0.1, 0.15) is 5.76 Å². The van der Waals surface area contributed by atoms with E-state index < -0.39 is 0 Å². The smallest absolute Gasteiger partial charge is 0.223 e. The van der Waals surface area contributed by atoms with Crippen molar-refractivity contribution in [3.63, 3.8) is 0 Å². The predicted molar refractivity (Wildman–Crippen MR) is 77.3 cm³/mol. The molecule has 5 heteroatoms. The van der Waals surface area contributed by atoms with Gasteiger partial charge in [0, 0.05) is 18.0 Å². The maximum atomic E-state index is 12.0. The van der Waals surface area contributed by atoms with Gasteiger partial charge in [-0.15, -0.1) is 0 Å². The average Bonchev–Trinajstić information content (AvgIpc) is 2.69. The van der Waals surface area contributed by atoms with Crippen molar-refractivity contribution in [3.8, 4) is 0 Å². The van der Waals surface area contributed by atoms with E-state index in [4.69, 9.17) is 4.52 Å². The van der Waals surface area contributed by atoms with Gasteiger partial charge in [-0.3, -0.25) is 4.79 Å². The first-order chi connectivity index (χ1) is 9.32. The minimum Gasteiger partial charge on any atom is -0.393 e. The number of aryl methyl sites for hydroxylation is 2. The summed E-state index contributed by atoms with van der Waals surface area (Å²) in [5.41, 5.74) is 1.85. The molecule has 2 atom stereocenters. The number of rotatable bonds is 7. The lowest BCUT2D eigenvalue weighted by molar-refractivity contribution is -0.124. The van der Waals surface area contributed by atoms with Gasteiger partial charge in [0.25, 0.3) is 0 Å². The fraction of sp³-hybridized carbons (Fsp3) is 0.733. The SMILES string of the molecule is Cc1noc(C)c1CC(C)C(=O)NCCC(O)C(C)C. The number of aromatic nitrogens is 1. The number of carbonyl (C=O) groups is 1. The maximum Gasteiger partial charge on any atom is 0.223 e. The number of nitrogens with zero attached hydrogens (tertiary/aromatic N) is 1. The molecule has 0 aromatic carbocycles. The molecule has 0 saturated carbocycles. The van der Waals surface area contributed by atoms with E-state index in [0.29, 0.717) is 19.4 Å². The second-order valence-electron chi connectivity index (χ2n) is 5.80. The van der Waals surface area contributed by atoms with Gasteiger partial charge >= 0.3 is 0 Å². The van der Waals surface area contributed by atoms with Crippen LogP contribution in [0.4, 0.5) is 0 Å². The zero-order valence-electron chi connectivity index (χ0n) is 13.1. The number of hydrogen-bond donors (Lipinski definition) is 2. The molecule has 0 spiro atoms. The van der Waals surface area contributed by atoms with Crippen LogP contribution in [0.5, 0.6) is 0 Å². The highest BCUT2D eigenvalue weighted by Crippen LogP contribution is 2.17. The van der Waals surface area contributed by atoms with Crippen LogP contribution in [-0.2, 0) is 11.2 Å². The standard InChI is InChI=1S/C15H26N2O3/c1-9(2)14(18)6-7-16-15(19)10(3)8-13-11(4)17-20-12(13)5/h9-10,14,18H,6-8H2,1-5H3,(H,16,19). The molecule has 0 aliphatic carbocycles. The highest BCUT2D eigenvalue weighted by Gasteiger charge is 2.18. The Labute approximate surface area is 120 Å². The van der Waals surface area contributed by atoms with E-state index in [9.17, 15) is 9.90 Å². The van der Waals surface area contributed by atoms with Crippen LogP contribution in [0, 0.1) is 25.7 Å². The molecule has 1 aromatic heterocycles. The van der Waals surface area contributed by atoms with Gasteiger partial charge in [0.05, 0.1) is 11.8 Å². The average molecular weight is 282 g/mol. The van der Waals surface area contributed by atoms with Crippen LogP contribution in [0.3, 0.4) is 0 Å². The van der Waals surface area contributed by atoms with Gasteiger partial charge < -0.3 is 14.9 Å². The molecule has 0 aliphatic rings. The summed E-state index contributed by atoms with van der Waals surface area (Å²) in [6, 6.07) is 0. The van der Waals surface area contributed by atoms with Crippen molar-refractivity contribution in [2.75, 3.05) is 6.54 Å². The van der Waals surface area contributed by atoms with Crippen LogP contribution in [0.15, 0.2) is 4.52 Å². The normalized spacial score (nSPS) is 14.3. The van der Waals surface area contributed by atoms with Crippen molar-refractivity contribution in [2.24, 2.45) is 11.8 Å². The van der Waals surface area contributed by atoms with Crippen molar-refractivity contribution in [2.45, 2.75) is 53.6 Å². The molecule has 1 heterocycles. The molecule has 2 unspecified atom stereocenters. The Kier molecular flexibility index (Phi) is 6.20. The summed E-state index contributed by atoms with van der Waals surface area (Å²) >= 11 is 0. The van der Waals surface area contributed by atoms with E-state index in [1.807, 2.05) is 34.6 Å². The van der Waals surface area contributed by atoms with Crippen LogP contribution in [0.2, 0.25) is 0 Å². The molecule has 0 aliphatic heterocycles. The van der Waals surface area contributed by atoms with Crippen LogP contribution in [0.25, 0.3) is 0 Å². The number of hydrogen-bond acceptors (Lipinski definition) is 4. The zero-order valence-corrected chi connectivity index (χ0v) is 13.1. The minimum absolute atomic E-state index is 0.000885. The van der Waals surface area contributed by atoms with Crippen LogP contribution < -0.4 is 5.32 Å². The lowest BCUT2D eigenvalue weighted by atomic mass is 9.99. The van der Waals surface area contributed by atoms with E-state index in [1.54, 1.807) is 0 Å². The summed E-state index contributed by atoms with van der Waals surface area (Å²) in [6.07, 6.45) is 0.842. The van der Waals surface area contributed by atoms with E-state index >= 15 is 0 Å². The molecule has 0 radical (unpaired) electrons. The highest BCUT2D eigenvalue weighted by molar-refractivity contribution is 5.78. The topological polar surface area (TPSA) is 75.4 Å². The molecular weight excluding hydrogens is 256 g/mol. The summed E-state index contributed by atoms with van der Waals surface area (Å²) < 4.78 is 5.10. The van der Waals surface area contributed by atoms with Gasteiger partial charge in [-0.05, 0) is 32.6 Å². The van der Waals surface area contributed by atoms with E-state index in [0.717, 1.165) is 17.0 Å². The molecule has 1 rings (SSSR count). The summed E-state index contributed by atoms with van der Waals surface area (Å²) in [7, 11) is 0. The molecule has 0 saturated heterocycles. The van der Waals surface area contributed by atoms with Crippen molar-refractivity contribution in [1.82, 2.24) is 10.5 Å². The lowest BCUT2D eigenvalue weighted by Gasteiger charge is -2.16. The summed E-state index contributed by atoms with van der Waals surface area (Å²) in [5.74, 6) is 0.855.